The number of carboxylic acid groups (broad SMARTS) is 1. The number of aromatic carboxylic acids is 1. The van der Waals surface area contributed by atoms with Crippen molar-refractivity contribution in [2.75, 3.05) is 7.11 Å². The number of aryl methyl sites for hydroxylation is 1. The number of benzene rings is 1. The van der Waals surface area contributed by atoms with Crippen LogP contribution in [0, 0.1) is 6.92 Å². The predicted octanol–water partition coefficient (Wildman–Crippen LogP) is 3.76. The van der Waals surface area contributed by atoms with Gasteiger partial charge in [-0.3, -0.25) is 4.40 Å². The largest absolute Gasteiger partial charge is 0.497 e. The fraction of sp³-hybridized carbons (Fsp3) is 0.125. The van der Waals surface area contributed by atoms with Crippen LogP contribution < -0.4 is 4.74 Å². The number of pyridine rings is 1. The first-order valence-corrected chi connectivity index (χ1v) is 6.86. The van der Waals surface area contributed by atoms with Gasteiger partial charge in [0.1, 0.15) is 11.4 Å². The molecule has 0 atom stereocenters. The summed E-state index contributed by atoms with van der Waals surface area (Å²) in [6.45, 7) is 1.91. The van der Waals surface area contributed by atoms with Crippen LogP contribution in [0.5, 0.6) is 5.75 Å². The second-order valence-electron chi connectivity index (χ2n) is 4.92. The Bertz CT molecular complexity index is 898. The zero-order valence-corrected chi connectivity index (χ0v) is 12.6. The molecule has 23 heavy (non-hydrogen) atoms. The van der Waals surface area contributed by atoms with Gasteiger partial charge in [0.15, 0.2) is 11.5 Å². The molecule has 3 aromatic rings. The number of aromatic nitrogens is 2. The van der Waals surface area contributed by atoms with Crippen molar-refractivity contribution in [3.63, 3.8) is 0 Å². The lowest BCUT2D eigenvalue weighted by Crippen LogP contribution is -1.96. The Balaban J connectivity index is 2.05. The first kappa shape index (κ1) is 14.7. The number of carboxylic acids is 1. The van der Waals surface area contributed by atoms with E-state index in [1.165, 1.54) is 0 Å². The molecule has 7 nitrogen and oxygen atoms in total. The van der Waals surface area contributed by atoms with Crippen molar-refractivity contribution in [1.82, 2.24) is 9.38 Å². The van der Waals surface area contributed by atoms with Crippen LogP contribution in [0.1, 0.15) is 16.1 Å². The molecule has 1 N–H and O–H groups in total. The van der Waals surface area contributed by atoms with E-state index in [9.17, 15) is 9.90 Å². The van der Waals surface area contributed by atoms with Crippen molar-refractivity contribution in [2.24, 2.45) is 10.2 Å². The van der Waals surface area contributed by atoms with Crippen LogP contribution >= 0.6 is 0 Å². The van der Waals surface area contributed by atoms with Crippen LogP contribution in [0.2, 0.25) is 0 Å². The average Bonchev–Trinajstić information content (AvgIpc) is 2.91. The van der Waals surface area contributed by atoms with Gasteiger partial charge < -0.3 is 9.84 Å². The summed E-state index contributed by atoms with van der Waals surface area (Å²) in [5.74, 6) is -0.251. The number of nitrogens with zero attached hydrogens (tertiary/aromatic N) is 4. The number of azo groups is 1. The number of methoxy groups -OCH3 is 1. The van der Waals surface area contributed by atoms with Gasteiger partial charge in [-0.2, -0.15) is 0 Å². The van der Waals surface area contributed by atoms with Crippen LogP contribution in [0.15, 0.2) is 52.8 Å². The van der Waals surface area contributed by atoms with E-state index in [0.29, 0.717) is 17.1 Å². The highest BCUT2D eigenvalue weighted by atomic mass is 16.5. The van der Waals surface area contributed by atoms with E-state index in [0.717, 1.165) is 5.56 Å². The highest BCUT2D eigenvalue weighted by Gasteiger charge is 2.18. The topological polar surface area (TPSA) is 88.5 Å². The van der Waals surface area contributed by atoms with Crippen molar-refractivity contribution < 1.29 is 14.6 Å². The highest BCUT2D eigenvalue weighted by molar-refractivity contribution is 5.91. The Labute approximate surface area is 131 Å². The van der Waals surface area contributed by atoms with E-state index in [1.807, 2.05) is 13.0 Å². The molecule has 0 saturated carbocycles. The molecule has 7 heteroatoms. The van der Waals surface area contributed by atoms with E-state index >= 15 is 0 Å². The van der Waals surface area contributed by atoms with Gasteiger partial charge in [-0.05, 0) is 48.9 Å². The molecule has 116 valence electrons. The van der Waals surface area contributed by atoms with Crippen LogP contribution in [0.25, 0.3) is 5.65 Å². The standard InChI is InChI=1S/C16H14N4O3/c1-10-7-8-20-13(9-10)17-14(16(21)22)15(20)19-18-11-3-5-12(23-2)6-4-11/h3-9H,1-2H3,(H,21,22). The maximum absolute atomic E-state index is 11.4. The summed E-state index contributed by atoms with van der Waals surface area (Å²) >= 11 is 0. The zero-order valence-electron chi connectivity index (χ0n) is 12.6. The third-order valence-corrected chi connectivity index (χ3v) is 3.29. The van der Waals surface area contributed by atoms with E-state index in [2.05, 4.69) is 15.2 Å². The van der Waals surface area contributed by atoms with Gasteiger partial charge in [0.2, 0.25) is 0 Å². The predicted molar refractivity (Wildman–Crippen MR) is 84.1 cm³/mol. The summed E-state index contributed by atoms with van der Waals surface area (Å²) in [4.78, 5) is 15.5. The Morgan fingerprint density at radius 2 is 1.96 bits per heavy atom. The van der Waals surface area contributed by atoms with Crippen LogP contribution in [-0.2, 0) is 0 Å². The maximum Gasteiger partial charge on any atom is 0.358 e. The van der Waals surface area contributed by atoms with Crippen molar-refractivity contribution >= 4 is 23.1 Å². The summed E-state index contributed by atoms with van der Waals surface area (Å²) in [6, 6.07) is 10.6. The molecule has 0 aliphatic heterocycles. The van der Waals surface area contributed by atoms with Crippen molar-refractivity contribution in [3.05, 3.63) is 53.9 Å². The van der Waals surface area contributed by atoms with Gasteiger partial charge in [-0.25, -0.2) is 9.78 Å². The second kappa shape index (κ2) is 5.88. The molecule has 2 aromatic heterocycles. The smallest absolute Gasteiger partial charge is 0.358 e. The van der Waals surface area contributed by atoms with Crippen molar-refractivity contribution in [2.45, 2.75) is 6.92 Å². The molecule has 3 rings (SSSR count). The monoisotopic (exact) mass is 310 g/mol. The lowest BCUT2D eigenvalue weighted by molar-refractivity contribution is 0.0692. The quantitative estimate of drug-likeness (QED) is 0.743. The summed E-state index contributed by atoms with van der Waals surface area (Å²) in [5.41, 5.74) is 1.96. The molecule has 2 heterocycles. The van der Waals surface area contributed by atoms with E-state index in [4.69, 9.17) is 4.74 Å². The van der Waals surface area contributed by atoms with Crippen LogP contribution in [0.3, 0.4) is 0 Å². The van der Waals surface area contributed by atoms with Gasteiger partial charge >= 0.3 is 5.97 Å². The molecule has 0 aliphatic rings. The van der Waals surface area contributed by atoms with E-state index in [-0.39, 0.29) is 11.5 Å². The first-order valence-electron chi connectivity index (χ1n) is 6.86. The summed E-state index contributed by atoms with van der Waals surface area (Å²) in [6.07, 6.45) is 1.73. The summed E-state index contributed by atoms with van der Waals surface area (Å²) in [7, 11) is 1.58. The van der Waals surface area contributed by atoms with Gasteiger partial charge in [0.05, 0.1) is 12.8 Å². The molecule has 0 amide bonds. The number of imidazole rings is 1. The summed E-state index contributed by atoms with van der Waals surface area (Å²) in [5, 5.41) is 17.5. The van der Waals surface area contributed by atoms with E-state index < -0.39 is 5.97 Å². The van der Waals surface area contributed by atoms with Crippen LogP contribution in [0.4, 0.5) is 11.5 Å². The molecule has 1 aromatic carbocycles. The third-order valence-electron chi connectivity index (χ3n) is 3.29. The van der Waals surface area contributed by atoms with Crippen molar-refractivity contribution in [1.29, 1.82) is 0 Å². The van der Waals surface area contributed by atoms with E-state index in [1.54, 1.807) is 48.0 Å². The zero-order chi connectivity index (χ0) is 16.4. The average molecular weight is 310 g/mol. The fourth-order valence-corrected chi connectivity index (χ4v) is 2.13. The molecule has 0 spiro atoms. The SMILES string of the molecule is COc1ccc(N=Nc2c(C(=O)O)nc3cc(C)ccn23)cc1. The number of ether oxygens (including phenoxy) is 1. The molecule has 0 radical (unpaired) electrons. The Kier molecular flexibility index (Phi) is 3.76. The minimum atomic E-state index is -1.14. The molecule has 0 bridgehead atoms. The van der Waals surface area contributed by atoms with Gasteiger partial charge in [0.25, 0.3) is 0 Å². The molecule has 0 aliphatic carbocycles. The molecule has 0 fully saturated rings. The summed E-state index contributed by atoms with van der Waals surface area (Å²) < 4.78 is 6.68. The number of rotatable bonds is 4. The third kappa shape index (κ3) is 2.89. The van der Waals surface area contributed by atoms with Gasteiger partial charge in [-0.1, -0.05) is 0 Å². The number of hydrogen-bond donors (Lipinski definition) is 1. The Hall–Kier alpha value is -3.22. The molecular formula is C16H14N4O3. The number of carbonyl (C=O) groups is 1. The second-order valence-corrected chi connectivity index (χ2v) is 4.92. The first-order chi connectivity index (χ1) is 11.1. The minimum Gasteiger partial charge on any atom is -0.497 e. The Morgan fingerprint density at radius 1 is 1.22 bits per heavy atom. The molecular weight excluding hydrogens is 296 g/mol. The normalized spacial score (nSPS) is 11.2. The van der Waals surface area contributed by atoms with Gasteiger partial charge in [-0.15, -0.1) is 10.2 Å². The maximum atomic E-state index is 11.4. The molecule has 0 unspecified atom stereocenters. The van der Waals surface area contributed by atoms with Gasteiger partial charge in [0, 0.05) is 6.20 Å². The fourth-order valence-electron chi connectivity index (χ4n) is 2.13. The van der Waals surface area contributed by atoms with Crippen molar-refractivity contribution in [3.8, 4) is 5.75 Å². The molecule has 0 saturated heterocycles. The minimum absolute atomic E-state index is 0.132. The Morgan fingerprint density at radius 3 is 2.61 bits per heavy atom. The lowest BCUT2D eigenvalue weighted by atomic mass is 10.3. The highest BCUT2D eigenvalue weighted by Crippen LogP contribution is 2.25. The number of fused-ring (bicyclic) bond motifs is 1. The lowest BCUT2D eigenvalue weighted by Gasteiger charge is -1.99. The number of hydrogen-bond acceptors (Lipinski definition) is 5. The van der Waals surface area contributed by atoms with Crippen LogP contribution in [-0.4, -0.2) is 27.6 Å².